The topological polar surface area (TPSA) is 52.9 Å². The number of rotatable bonds is 2. The minimum absolute atomic E-state index is 0.395. The fourth-order valence-electron chi connectivity index (χ4n) is 0.797. The van der Waals surface area contributed by atoms with Crippen LogP contribution in [0.25, 0.3) is 0 Å². The number of hydrogen-bond donors (Lipinski definition) is 1. The quantitative estimate of drug-likeness (QED) is 0.706. The van der Waals surface area contributed by atoms with Crippen molar-refractivity contribution in [1.82, 2.24) is 0 Å². The number of carbonyl (C=O) groups excluding carboxylic acids is 1. The molecule has 0 radical (unpaired) electrons. The third kappa shape index (κ3) is 1.74. The lowest BCUT2D eigenvalue weighted by atomic mass is 10.2. The molecule has 0 heterocycles. The van der Waals surface area contributed by atoms with Gasteiger partial charge in [-0.1, -0.05) is 11.6 Å². The molecule has 0 saturated heterocycles. The van der Waals surface area contributed by atoms with Crippen LogP contribution in [0.2, 0.25) is 5.02 Å². The average molecular weight is 181 g/mol. The normalized spacial score (nSPS) is 8.67. The van der Waals surface area contributed by atoms with Gasteiger partial charge in [0.1, 0.15) is 6.07 Å². The van der Waals surface area contributed by atoms with E-state index in [1.165, 1.54) is 6.07 Å². The van der Waals surface area contributed by atoms with E-state index in [-0.39, 0.29) is 0 Å². The SMILES string of the molecule is N#Cc1ccc(Cl)cc1NC=O. The Hall–Kier alpha value is -1.53. The number of benzene rings is 1. The minimum atomic E-state index is 0.395. The van der Waals surface area contributed by atoms with E-state index in [1.54, 1.807) is 12.1 Å². The van der Waals surface area contributed by atoms with Gasteiger partial charge in [-0.3, -0.25) is 4.79 Å². The number of hydrogen-bond acceptors (Lipinski definition) is 2. The second-order valence-corrected chi connectivity index (χ2v) is 2.50. The first-order valence-corrected chi connectivity index (χ1v) is 3.55. The lowest BCUT2D eigenvalue weighted by Gasteiger charge is -2.00. The van der Waals surface area contributed by atoms with Gasteiger partial charge in [0.25, 0.3) is 0 Å². The molecule has 0 aliphatic heterocycles. The van der Waals surface area contributed by atoms with Crippen molar-refractivity contribution in [3.05, 3.63) is 28.8 Å². The van der Waals surface area contributed by atoms with Crippen molar-refractivity contribution in [2.24, 2.45) is 0 Å². The molecule has 4 heteroatoms. The molecule has 0 spiro atoms. The fraction of sp³-hybridized carbons (Fsp3) is 0. The monoisotopic (exact) mass is 180 g/mol. The molecule has 0 saturated carbocycles. The molecule has 1 N–H and O–H groups in total. The molecule has 0 unspecified atom stereocenters. The Morgan fingerprint density at radius 3 is 2.92 bits per heavy atom. The summed E-state index contributed by atoms with van der Waals surface area (Å²) in [7, 11) is 0. The van der Waals surface area contributed by atoms with Gasteiger partial charge in [0.2, 0.25) is 6.41 Å². The van der Waals surface area contributed by atoms with Crippen LogP contribution in [0.5, 0.6) is 0 Å². The summed E-state index contributed by atoms with van der Waals surface area (Å²) in [6, 6.07) is 6.59. The molecule has 60 valence electrons. The molecule has 0 fully saturated rings. The van der Waals surface area contributed by atoms with E-state index in [0.717, 1.165) is 0 Å². The first-order chi connectivity index (χ1) is 5.77. The highest BCUT2D eigenvalue weighted by atomic mass is 35.5. The van der Waals surface area contributed by atoms with Crippen LogP contribution in [-0.2, 0) is 4.79 Å². The highest BCUT2D eigenvalue weighted by Crippen LogP contribution is 2.19. The highest BCUT2D eigenvalue weighted by Gasteiger charge is 2.00. The van der Waals surface area contributed by atoms with Gasteiger partial charge in [0.15, 0.2) is 0 Å². The van der Waals surface area contributed by atoms with Gasteiger partial charge in [-0.2, -0.15) is 5.26 Å². The van der Waals surface area contributed by atoms with Crippen LogP contribution >= 0.6 is 11.6 Å². The number of anilines is 1. The first-order valence-electron chi connectivity index (χ1n) is 3.18. The molecular formula is C8H5ClN2O. The zero-order valence-electron chi connectivity index (χ0n) is 6.04. The van der Waals surface area contributed by atoms with Gasteiger partial charge in [0, 0.05) is 5.02 Å². The van der Waals surface area contributed by atoms with Gasteiger partial charge in [-0.05, 0) is 18.2 Å². The largest absolute Gasteiger partial charge is 0.327 e. The van der Waals surface area contributed by atoms with E-state index in [9.17, 15) is 4.79 Å². The fourth-order valence-corrected chi connectivity index (χ4v) is 0.969. The van der Waals surface area contributed by atoms with Crippen LogP contribution in [-0.4, -0.2) is 6.41 Å². The molecule has 0 aliphatic carbocycles. The van der Waals surface area contributed by atoms with Crippen LogP contribution in [0, 0.1) is 11.3 Å². The van der Waals surface area contributed by atoms with Crippen LogP contribution in [0.4, 0.5) is 5.69 Å². The zero-order chi connectivity index (χ0) is 8.97. The Morgan fingerprint density at radius 2 is 2.33 bits per heavy atom. The zero-order valence-corrected chi connectivity index (χ0v) is 6.80. The molecule has 0 atom stereocenters. The van der Waals surface area contributed by atoms with Crippen LogP contribution in [0.15, 0.2) is 18.2 Å². The summed E-state index contributed by atoms with van der Waals surface area (Å²) in [6.45, 7) is 0. The van der Waals surface area contributed by atoms with Crippen LogP contribution < -0.4 is 5.32 Å². The molecule has 0 aromatic heterocycles. The van der Waals surface area contributed by atoms with Crippen molar-refractivity contribution in [3.63, 3.8) is 0 Å². The van der Waals surface area contributed by atoms with Crippen molar-refractivity contribution < 1.29 is 4.79 Å². The van der Waals surface area contributed by atoms with Gasteiger partial charge in [-0.15, -0.1) is 0 Å². The lowest BCUT2D eigenvalue weighted by Crippen LogP contribution is -1.96. The molecule has 1 aromatic rings. The van der Waals surface area contributed by atoms with E-state index >= 15 is 0 Å². The number of carbonyl (C=O) groups is 1. The standard InChI is InChI=1S/C8H5ClN2O/c9-7-2-1-6(4-10)8(3-7)11-5-12/h1-3,5H,(H,11,12). The highest BCUT2D eigenvalue weighted by molar-refractivity contribution is 6.31. The third-order valence-electron chi connectivity index (χ3n) is 1.32. The summed E-state index contributed by atoms with van der Waals surface area (Å²) >= 11 is 5.64. The summed E-state index contributed by atoms with van der Waals surface area (Å²) in [5, 5.41) is 11.5. The number of nitrogens with one attached hydrogen (secondary N) is 1. The van der Waals surface area contributed by atoms with Crippen LogP contribution in [0.1, 0.15) is 5.56 Å². The maximum absolute atomic E-state index is 10.1. The number of halogens is 1. The third-order valence-corrected chi connectivity index (χ3v) is 1.55. The number of amides is 1. The second kappa shape index (κ2) is 3.74. The van der Waals surface area contributed by atoms with E-state index in [2.05, 4.69) is 5.32 Å². The Labute approximate surface area is 74.6 Å². The van der Waals surface area contributed by atoms with Crippen molar-refractivity contribution in [1.29, 1.82) is 5.26 Å². The van der Waals surface area contributed by atoms with Crippen LogP contribution in [0.3, 0.4) is 0 Å². The Balaban J connectivity index is 3.14. The predicted octanol–water partition coefficient (Wildman–Crippen LogP) is 1.78. The van der Waals surface area contributed by atoms with Gasteiger partial charge < -0.3 is 5.32 Å². The van der Waals surface area contributed by atoms with Gasteiger partial charge >= 0.3 is 0 Å². The molecule has 3 nitrogen and oxygen atoms in total. The van der Waals surface area contributed by atoms with Crippen molar-refractivity contribution in [2.45, 2.75) is 0 Å². The second-order valence-electron chi connectivity index (χ2n) is 2.06. The van der Waals surface area contributed by atoms with E-state index in [1.807, 2.05) is 6.07 Å². The smallest absolute Gasteiger partial charge is 0.211 e. The van der Waals surface area contributed by atoms with Gasteiger partial charge in [0.05, 0.1) is 11.3 Å². The van der Waals surface area contributed by atoms with E-state index < -0.39 is 0 Å². The number of nitrogens with zero attached hydrogens (tertiary/aromatic N) is 1. The Kier molecular flexibility index (Phi) is 2.67. The van der Waals surface area contributed by atoms with Crippen molar-refractivity contribution >= 4 is 23.7 Å². The maximum Gasteiger partial charge on any atom is 0.211 e. The maximum atomic E-state index is 10.1. The van der Waals surface area contributed by atoms with Crippen molar-refractivity contribution in [2.75, 3.05) is 5.32 Å². The first kappa shape index (κ1) is 8.57. The Bertz CT molecular complexity index is 343. The summed E-state index contributed by atoms with van der Waals surface area (Å²) in [6.07, 6.45) is 0.506. The molecule has 1 amide bonds. The molecule has 12 heavy (non-hydrogen) atoms. The minimum Gasteiger partial charge on any atom is -0.327 e. The Morgan fingerprint density at radius 1 is 1.58 bits per heavy atom. The van der Waals surface area contributed by atoms with E-state index in [4.69, 9.17) is 16.9 Å². The summed E-state index contributed by atoms with van der Waals surface area (Å²) < 4.78 is 0. The molecule has 1 rings (SSSR count). The molecular weight excluding hydrogens is 176 g/mol. The molecule has 0 aliphatic rings. The molecule has 0 bridgehead atoms. The average Bonchev–Trinajstić information content (AvgIpc) is 2.05. The number of nitriles is 1. The summed E-state index contributed by atoms with van der Waals surface area (Å²) in [4.78, 5) is 10.1. The lowest BCUT2D eigenvalue weighted by molar-refractivity contribution is -0.105. The predicted molar refractivity (Wildman–Crippen MR) is 45.9 cm³/mol. The van der Waals surface area contributed by atoms with Gasteiger partial charge in [-0.25, -0.2) is 0 Å². The summed E-state index contributed by atoms with van der Waals surface area (Å²) in [5.41, 5.74) is 0.825. The summed E-state index contributed by atoms with van der Waals surface area (Å²) in [5.74, 6) is 0. The van der Waals surface area contributed by atoms with E-state index in [0.29, 0.717) is 22.7 Å². The van der Waals surface area contributed by atoms with Crippen molar-refractivity contribution in [3.8, 4) is 6.07 Å². The molecule has 1 aromatic carbocycles.